The van der Waals surface area contributed by atoms with Crippen LogP contribution in [0.4, 0.5) is 18.9 Å². The first kappa shape index (κ1) is 16.6. The highest BCUT2D eigenvalue weighted by atomic mass is 19.4. The zero-order valence-electron chi connectivity index (χ0n) is 13.5. The number of anilines is 1. The fourth-order valence-electron chi connectivity index (χ4n) is 3.34. The van der Waals surface area contributed by atoms with E-state index in [-0.39, 0.29) is 6.04 Å². The monoisotopic (exact) mass is 364 g/mol. The summed E-state index contributed by atoms with van der Waals surface area (Å²) in [5.74, 6) is -0.996. The Labute approximate surface area is 145 Å². The van der Waals surface area contributed by atoms with Gasteiger partial charge in [-0.1, -0.05) is 0 Å². The molecule has 0 aliphatic carbocycles. The Morgan fingerprint density at radius 1 is 1.35 bits per heavy atom. The lowest BCUT2D eigenvalue weighted by Gasteiger charge is -2.21. The molecule has 1 saturated heterocycles. The summed E-state index contributed by atoms with van der Waals surface area (Å²) in [6.07, 6.45) is -1.99. The normalized spacial score (nSPS) is 18.0. The molecule has 1 unspecified atom stereocenters. The van der Waals surface area contributed by atoms with E-state index < -0.39 is 18.5 Å². The highest BCUT2D eigenvalue weighted by Gasteiger charge is 2.33. The van der Waals surface area contributed by atoms with Crippen LogP contribution in [-0.4, -0.2) is 51.4 Å². The molecule has 1 amide bonds. The van der Waals surface area contributed by atoms with Crippen molar-refractivity contribution in [1.82, 2.24) is 25.5 Å². The number of nitrogens with one attached hydrogen (secondary N) is 2. The standard InChI is InChI=1S/C16H15F3N6O/c17-16(18,19)7-12(26)22-9-3-6-25(8-9)11-2-5-21-15-13(11)10-1-4-20-14(10)23-24-15/h1-2,4-5,9H,3,6-8H2,(H,21,24)(H,22,26). The number of fused-ring (bicyclic) bond motifs is 3. The molecule has 3 aromatic heterocycles. The molecule has 2 N–H and O–H groups in total. The second kappa shape index (κ2) is 6.11. The van der Waals surface area contributed by atoms with Crippen LogP contribution in [0.25, 0.3) is 22.1 Å². The summed E-state index contributed by atoms with van der Waals surface area (Å²) in [5, 5.41) is 12.4. The van der Waals surface area contributed by atoms with Gasteiger partial charge in [-0.25, -0.2) is 4.98 Å². The number of nitrogens with zero attached hydrogens (tertiary/aromatic N) is 4. The number of alkyl halides is 3. The lowest BCUT2D eigenvalue weighted by molar-refractivity contribution is -0.154. The Kier molecular flexibility index (Phi) is 3.89. The van der Waals surface area contributed by atoms with Gasteiger partial charge in [0.15, 0.2) is 11.3 Å². The van der Waals surface area contributed by atoms with Crippen LogP contribution < -0.4 is 10.2 Å². The van der Waals surface area contributed by atoms with Crippen molar-refractivity contribution in [3.63, 3.8) is 0 Å². The lowest BCUT2D eigenvalue weighted by atomic mass is 10.2. The van der Waals surface area contributed by atoms with Crippen LogP contribution in [0, 0.1) is 0 Å². The van der Waals surface area contributed by atoms with E-state index in [9.17, 15) is 18.0 Å². The Morgan fingerprint density at radius 2 is 2.19 bits per heavy atom. The van der Waals surface area contributed by atoms with Gasteiger partial charge in [-0.15, -0.1) is 10.2 Å². The van der Waals surface area contributed by atoms with Crippen LogP contribution in [-0.2, 0) is 4.79 Å². The highest BCUT2D eigenvalue weighted by molar-refractivity contribution is 6.08. The van der Waals surface area contributed by atoms with Crippen molar-refractivity contribution in [2.45, 2.75) is 25.1 Å². The minimum atomic E-state index is -4.50. The third-order valence-electron chi connectivity index (χ3n) is 4.40. The van der Waals surface area contributed by atoms with Gasteiger partial charge in [-0.05, 0) is 18.6 Å². The van der Waals surface area contributed by atoms with E-state index in [1.165, 1.54) is 0 Å². The van der Waals surface area contributed by atoms with Crippen LogP contribution in [0.2, 0.25) is 0 Å². The van der Waals surface area contributed by atoms with Gasteiger partial charge in [0, 0.05) is 36.9 Å². The summed E-state index contributed by atoms with van der Waals surface area (Å²) in [4.78, 5) is 20.8. The molecule has 26 heavy (non-hydrogen) atoms. The maximum atomic E-state index is 12.3. The van der Waals surface area contributed by atoms with Gasteiger partial charge >= 0.3 is 6.18 Å². The zero-order chi connectivity index (χ0) is 18.3. The van der Waals surface area contributed by atoms with Crippen molar-refractivity contribution in [1.29, 1.82) is 0 Å². The van der Waals surface area contributed by atoms with Gasteiger partial charge in [0.25, 0.3) is 0 Å². The van der Waals surface area contributed by atoms with Crippen LogP contribution in [0.5, 0.6) is 0 Å². The van der Waals surface area contributed by atoms with Crippen molar-refractivity contribution in [2.24, 2.45) is 0 Å². The summed E-state index contributed by atoms with van der Waals surface area (Å²) in [6, 6.07) is 3.41. The molecule has 10 heteroatoms. The summed E-state index contributed by atoms with van der Waals surface area (Å²) < 4.78 is 37.0. The van der Waals surface area contributed by atoms with E-state index in [4.69, 9.17) is 0 Å². The van der Waals surface area contributed by atoms with E-state index >= 15 is 0 Å². The average Bonchev–Trinajstić information content (AvgIpc) is 3.21. The first-order valence-electron chi connectivity index (χ1n) is 8.10. The number of rotatable bonds is 3. The van der Waals surface area contributed by atoms with Crippen molar-refractivity contribution in [3.8, 4) is 0 Å². The molecule has 7 nitrogen and oxygen atoms in total. The Bertz CT molecular complexity index is 969. The summed E-state index contributed by atoms with van der Waals surface area (Å²) in [6.45, 7) is 1.05. The van der Waals surface area contributed by atoms with Gasteiger partial charge in [0.1, 0.15) is 6.42 Å². The number of aromatic nitrogens is 4. The Balaban J connectivity index is 1.58. The minimum Gasteiger partial charge on any atom is -0.369 e. The van der Waals surface area contributed by atoms with E-state index in [1.54, 1.807) is 12.4 Å². The molecule has 0 bridgehead atoms. The first-order valence-corrected chi connectivity index (χ1v) is 8.10. The quantitative estimate of drug-likeness (QED) is 0.744. The SMILES string of the molecule is O=C(CC(F)(F)F)NC1CCN(c2cc[nH]c3nnc4nccc4c23)C1. The van der Waals surface area contributed by atoms with Crippen molar-refractivity contribution in [3.05, 3.63) is 24.5 Å². The van der Waals surface area contributed by atoms with Gasteiger partial charge < -0.3 is 15.2 Å². The van der Waals surface area contributed by atoms with Gasteiger partial charge in [-0.3, -0.25) is 4.79 Å². The molecule has 0 spiro atoms. The van der Waals surface area contributed by atoms with Crippen LogP contribution in [0.1, 0.15) is 12.8 Å². The predicted octanol–water partition coefficient (Wildman–Crippen LogP) is 2.15. The summed E-state index contributed by atoms with van der Waals surface area (Å²) >= 11 is 0. The second-order valence-electron chi connectivity index (χ2n) is 6.26. The number of hydrogen-bond donors (Lipinski definition) is 2. The smallest absolute Gasteiger partial charge is 0.369 e. The van der Waals surface area contributed by atoms with E-state index in [0.717, 1.165) is 16.5 Å². The third-order valence-corrected chi connectivity index (χ3v) is 4.40. The molecule has 0 aromatic carbocycles. The van der Waals surface area contributed by atoms with Gasteiger partial charge in [0.2, 0.25) is 5.91 Å². The molecule has 136 valence electrons. The molecule has 0 saturated carbocycles. The third kappa shape index (κ3) is 3.14. The fraction of sp³-hybridized carbons (Fsp3) is 0.375. The number of amides is 1. The molecule has 1 aliphatic heterocycles. The average molecular weight is 364 g/mol. The summed E-state index contributed by atoms with van der Waals surface area (Å²) in [7, 11) is 0. The number of H-pyrrole nitrogens is 1. The van der Waals surface area contributed by atoms with E-state index in [1.807, 2.05) is 17.0 Å². The number of pyridine rings is 1. The van der Waals surface area contributed by atoms with Crippen molar-refractivity contribution in [2.75, 3.05) is 18.0 Å². The van der Waals surface area contributed by atoms with Gasteiger partial charge in [-0.2, -0.15) is 13.2 Å². The summed E-state index contributed by atoms with van der Waals surface area (Å²) in [5.41, 5.74) is 2.03. The van der Waals surface area contributed by atoms with E-state index in [0.29, 0.717) is 30.8 Å². The Hall–Kier alpha value is -2.91. The van der Waals surface area contributed by atoms with E-state index in [2.05, 4.69) is 25.5 Å². The maximum absolute atomic E-state index is 12.3. The largest absolute Gasteiger partial charge is 0.397 e. The fourth-order valence-corrected chi connectivity index (χ4v) is 3.34. The molecule has 0 radical (unpaired) electrons. The van der Waals surface area contributed by atoms with Crippen LogP contribution in [0.15, 0.2) is 24.5 Å². The number of aromatic amines is 1. The molecule has 1 fully saturated rings. The number of halogens is 3. The molecule has 4 rings (SSSR count). The Morgan fingerprint density at radius 3 is 3.00 bits per heavy atom. The molecule has 4 heterocycles. The van der Waals surface area contributed by atoms with Crippen LogP contribution in [0.3, 0.4) is 0 Å². The number of carbonyl (C=O) groups is 1. The second-order valence-corrected chi connectivity index (χ2v) is 6.26. The molecular formula is C16H15F3N6O. The maximum Gasteiger partial charge on any atom is 0.397 e. The topological polar surface area (TPSA) is 86.8 Å². The number of carbonyl (C=O) groups excluding carboxylic acids is 1. The van der Waals surface area contributed by atoms with Crippen molar-refractivity contribution >= 4 is 33.7 Å². The minimum absolute atomic E-state index is 0.327. The molecular weight excluding hydrogens is 349 g/mol. The van der Waals surface area contributed by atoms with Crippen LogP contribution >= 0.6 is 0 Å². The molecule has 1 atom stereocenters. The highest BCUT2D eigenvalue weighted by Crippen LogP contribution is 2.32. The van der Waals surface area contributed by atoms with Crippen molar-refractivity contribution < 1.29 is 18.0 Å². The predicted molar refractivity (Wildman–Crippen MR) is 88.6 cm³/mol. The molecule has 1 aliphatic rings. The first-order chi connectivity index (χ1) is 12.4. The number of hydrogen-bond acceptors (Lipinski definition) is 5. The van der Waals surface area contributed by atoms with Gasteiger partial charge in [0.05, 0.1) is 11.1 Å². The zero-order valence-corrected chi connectivity index (χ0v) is 13.5. The lowest BCUT2D eigenvalue weighted by Crippen LogP contribution is -2.39. The molecule has 3 aromatic rings.